The van der Waals surface area contributed by atoms with Gasteiger partial charge in [-0.3, -0.25) is 14.5 Å². The molecule has 30 heavy (non-hydrogen) atoms. The molecule has 0 N–H and O–H groups in total. The number of fused-ring (bicyclic) bond motifs is 1. The molecule has 1 saturated heterocycles. The summed E-state index contributed by atoms with van der Waals surface area (Å²) in [6.07, 6.45) is -0.486. The highest BCUT2D eigenvalue weighted by Crippen LogP contribution is 2.42. The molecule has 3 rings (SSSR count). The average Bonchev–Trinajstić information content (AvgIpc) is 2.72. The molecule has 0 aliphatic carbocycles. The number of hydrogen-bond donors (Lipinski definition) is 0. The van der Waals surface area contributed by atoms with Gasteiger partial charge < -0.3 is 15.0 Å². The fraction of sp³-hybridized carbons (Fsp3) is 0.400. The van der Waals surface area contributed by atoms with Gasteiger partial charge >= 0.3 is 17.0 Å². The van der Waals surface area contributed by atoms with Crippen LogP contribution in [0.5, 0.6) is 0 Å². The van der Waals surface area contributed by atoms with E-state index >= 15 is 0 Å². The Morgan fingerprint density at radius 3 is 2.53 bits per heavy atom. The van der Waals surface area contributed by atoms with Crippen LogP contribution in [-0.4, -0.2) is 48.3 Å². The third kappa shape index (κ3) is 3.71. The summed E-state index contributed by atoms with van der Waals surface area (Å²) in [4.78, 5) is 41.3. The van der Waals surface area contributed by atoms with Crippen molar-refractivity contribution in [2.45, 2.75) is 45.3 Å². The number of nitrogens with zero attached hydrogens (tertiary/aromatic N) is 3. The number of carbonyl (C=O) groups excluding carboxylic acids is 3. The molecular weight excluding hydrogens is 410 g/mol. The Morgan fingerprint density at radius 1 is 1.30 bits per heavy atom. The van der Waals surface area contributed by atoms with Gasteiger partial charge in [-0.15, -0.1) is 0 Å². The number of ether oxygens (including phenoxy) is 2. The van der Waals surface area contributed by atoms with Gasteiger partial charge in [0.2, 0.25) is 5.91 Å². The summed E-state index contributed by atoms with van der Waals surface area (Å²) < 4.78 is 23.5. The molecule has 1 aromatic rings. The topological polar surface area (TPSA) is 126 Å². The molecular formula is C20H21N3O6S. The first-order valence-electron chi connectivity index (χ1n) is 9.37. The van der Waals surface area contributed by atoms with Crippen molar-refractivity contribution in [3.8, 4) is 0 Å². The zero-order chi connectivity index (χ0) is 22.0. The van der Waals surface area contributed by atoms with E-state index in [9.17, 15) is 24.1 Å². The maximum Gasteiger partial charge on any atom is 0.386 e. The third-order valence-electron chi connectivity index (χ3n) is 5.03. The van der Waals surface area contributed by atoms with Crippen molar-refractivity contribution in [3.63, 3.8) is 0 Å². The van der Waals surface area contributed by atoms with Crippen LogP contribution in [0, 0.1) is 5.92 Å². The highest BCUT2D eigenvalue weighted by Gasteiger charge is 2.63. The van der Waals surface area contributed by atoms with Gasteiger partial charge in [-0.1, -0.05) is 37.3 Å². The van der Waals surface area contributed by atoms with Crippen LogP contribution in [0.15, 0.2) is 41.6 Å². The predicted octanol–water partition coefficient (Wildman–Crippen LogP) is 1.52. The van der Waals surface area contributed by atoms with E-state index in [2.05, 4.69) is 4.79 Å². The van der Waals surface area contributed by atoms with E-state index in [1.165, 1.54) is 13.8 Å². The minimum atomic E-state index is -1.91. The van der Waals surface area contributed by atoms with Crippen LogP contribution >= 0.6 is 0 Å². The van der Waals surface area contributed by atoms with Crippen LogP contribution < -0.4 is 0 Å². The second-order valence-electron chi connectivity index (χ2n) is 6.92. The van der Waals surface area contributed by atoms with E-state index < -0.39 is 46.0 Å². The summed E-state index contributed by atoms with van der Waals surface area (Å²) in [5.41, 5.74) is 10.1. The van der Waals surface area contributed by atoms with Crippen LogP contribution in [0.3, 0.4) is 0 Å². The average molecular weight is 431 g/mol. The summed E-state index contributed by atoms with van der Waals surface area (Å²) in [6.45, 7) is 4.36. The van der Waals surface area contributed by atoms with Crippen LogP contribution in [0.25, 0.3) is 5.53 Å². The van der Waals surface area contributed by atoms with Crippen molar-refractivity contribution in [1.29, 1.82) is 0 Å². The number of hydrogen-bond acceptors (Lipinski definition) is 6. The highest BCUT2D eigenvalue weighted by atomic mass is 32.2. The Kier molecular flexibility index (Phi) is 6.28. The van der Waals surface area contributed by atoms with Crippen molar-refractivity contribution < 1.29 is 32.9 Å². The minimum absolute atomic E-state index is 0.0215. The van der Waals surface area contributed by atoms with Crippen LogP contribution in [0.4, 0.5) is 0 Å². The predicted molar refractivity (Wildman–Crippen MR) is 106 cm³/mol. The Bertz CT molecular complexity index is 999. The van der Waals surface area contributed by atoms with E-state index in [-0.39, 0.29) is 22.9 Å². The second kappa shape index (κ2) is 8.73. The first kappa shape index (κ1) is 21.6. The molecule has 10 heteroatoms. The quantitative estimate of drug-likeness (QED) is 0.291. The molecule has 2 heterocycles. The maximum absolute atomic E-state index is 12.9. The van der Waals surface area contributed by atoms with E-state index in [4.69, 9.17) is 9.47 Å². The van der Waals surface area contributed by atoms with E-state index in [0.29, 0.717) is 6.42 Å². The number of esters is 2. The maximum atomic E-state index is 12.9. The normalized spacial score (nSPS) is 23.8. The standard InChI is InChI=1S/C20H21N3O6S/c1-4-14(29-12(3)24)15-18(25)23-16(11(2)17(22-21)30(27)19(15)23)20(26)28-10-13-8-6-5-7-9-13/h5-9,14-15,19H,4,10H2,1-3H3/t14?,15-,19-,30-/m0/s1. The van der Waals surface area contributed by atoms with Crippen LogP contribution in [-0.2, 0) is 41.3 Å². The van der Waals surface area contributed by atoms with Gasteiger partial charge in [0, 0.05) is 6.92 Å². The number of amides is 1. The second-order valence-corrected chi connectivity index (χ2v) is 8.38. The molecule has 2 aliphatic heterocycles. The van der Waals surface area contributed by atoms with E-state index in [1.807, 2.05) is 6.07 Å². The molecule has 1 fully saturated rings. The van der Waals surface area contributed by atoms with E-state index in [1.54, 1.807) is 31.2 Å². The number of benzene rings is 1. The molecule has 1 unspecified atom stereocenters. The van der Waals surface area contributed by atoms with E-state index in [0.717, 1.165) is 10.5 Å². The lowest BCUT2D eigenvalue weighted by atomic mass is 9.88. The lowest BCUT2D eigenvalue weighted by Crippen LogP contribution is -2.69. The zero-order valence-electron chi connectivity index (χ0n) is 16.7. The summed E-state index contributed by atoms with van der Waals surface area (Å²) >= 11 is 0. The lowest BCUT2D eigenvalue weighted by molar-refractivity contribution is -0.168. The molecule has 9 nitrogen and oxygen atoms in total. The molecule has 2 aliphatic rings. The van der Waals surface area contributed by atoms with Gasteiger partial charge in [-0.25, -0.2) is 9.00 Å². The lowest BCUT2D eigenvalue weighted by Gasteiger charge is -2.49. The van der Waals surface area contributed by atoms with Gasteiger partial charge in [0.25, 0.3) is 0 Å². The fourth-order valence-corrected chi connectivity index (χ4v) is 5.29. The summed E-state index contributed by atoms with van der Waals surface area (Å²) in [6, 6.07) is 8.99. The molecule has 0 radical (unpaired) electrons. The number of carbonyl (C=O) groups is 3. The summed E-state index contributed by atoms with van der Waals surface area (Å²) in [5, 5.41) is -1.20. The fourth-order valence-electron chi connectivity index (χ4n) is 3.62. The first-order chi connectivity index (χ1) is 14.3. The van der Waals surface area contributed by atoms with Crippen molar-refractivity contribution in [3.05, 3.63) is 52.7 Å². The molecule has 1 amide bonds. The molecule has 1 aromatic carbocycles. The smallest absolute Gasteiger partial charge is 0.386 e. The van der Waals surface area contributed by atoms with Gasteiger partial charge in [0.1, 0.15) is 29.7 Å². The SMILES string of the molecule is CCC(OC(C)=O)[C@H]1C(=O)N2C(C(=O)OCc3ccccc3)=C(C)C(=[N+]=[N-])[S@](=O)[C@@H]12. The first-order valence-corrected chi connectivity index (χ1v) is 10.6. The van der Waals surface area contributed by atoms with Crippen LogP contribution in [0.2, 0.25) is 0 Å². The van der Waals surface area contributed by atoms with Crippen LogP contribution in [0.1, 0.15) is 32.8 Å². The third-order valence-corrected chi connectivity index (χ3v) is 6.74. The van der Waals surface area contributed by atoms with Crippen molar-refractivity contribution in [2.75, 3.05) is 0 Å². The Morgan fingerprint density at radius 2 is 1.97 bits per heavy atom. The van der Waals surface area contributed by atoms with Crippen molar-refractivity contribution >= 4 is 33.7 Å². The zero-order valence-corrected chi connectivity index (χ0v) is 17.5. The van der Waals surface area contributed by atoms with Gasteiger partial charge in [-0.05, 0) is 18.9 Å². The molecule has 0 saturated carbocycles. The Labute approximate surface area is 175 Å². The largest absolute Gasteiger partial charge is 0.462 e. The Hall–Kier alpha value is -3.10. The number of rotatable bonds is 6. The monoisotopic (exact) mass is 431 g/mol. The summed E-state index contributed by atoms with van der Waals surface area (Å²) in [5.74, 6) is -2.78. The van der Waals surface area contributed by atoms with Gasteiger partial charge in [-0.2, -0.15) is 4.79 Å². The van der Waals surface area contributed by atoms with Crippen molar-refractivity contribution in [1.82, 2.24) is 4.90 Å². The molecule has 0 spiro atoms. The Balaban J connectivity index is 1.92. The molecule has 158 valence electrons. The minimum Gasteiger partial charge on any atom is -0.462 e. The van der Waals surface area contributed by atoms with Crippen molar-refractivity contribution in [2.24, 2.45) is 5.92 Å². The van der Waals surface area contributed by atoms with Gasteiger partial charge in [0.15, 0.2) is 10.8 Å². The highest BCUT2D eigenvalue weighted by molar-refractivity contribution is 8.01. The molecule has 0 aromatic heterocycles. The number of β-lactam (4-membered cyclic amide) rings is 1. The molecule has 4 atom stereocenters. The van der Waals surface area contributed by atoms with Gasteiger partial charge in [0.05, 0.1) is 5.57 Å². The summed E-state index contributed by atoms with van der Waals surface area (Å²) in [7, 11) is -1.91. The molecule has 0 bridgehead atoms.